The summed E-state index contributed by atoms with van der Waals surface area (Å²) in [4.78, 5) is 4.89. The number of hydrogen-bond acceptors (Lipinski definition) is 5. The molecule has 0 unspecified atom stereocenters. The second-order valence-corrected chi connectivity index (χ2v) is 5.30. The van der Waals surface area contributed by atoms with Crippen LogP contribution in [0.2, 0.25) is 0 Å². The first-order chi connectivity index (χ1) is 10.8. The van der Waals surface area contributed by atoms with Crippen molar-refractivity contribution in [1.82, 2.24) is 4.90 Å². The van der Waals surface area contributed by atoms with Gasteiger partial charge in [0.2, 0.25) is 0 Å². The Balaban J connectivity index is 1.92. The van der Waals surface area contributed by atoms with Gasteiger partial charge >= 0.3 is 0 Å². The molecule has 1 aliphatic heterocycles. The van der Waals surface area contributed by atoms with Crippen molar-refractivity contribution in [1.29, 1.82) is 10.5 Å². The van der Waals surface area contributed by atoms with Gasteiger partial charge in [0.1, 0.15) is 17.7 Å². The third-order valence-electron chi connectivity index (χ3n) is 3.77. The average molecular weight is 295 g/mol. The zero-order valence-corrected chi connectivity index (χ0v) is 12.9. The van der Waals surface area contributed by atoms with Crippen LogP contribution in [0.1, 0.15) is 13.3 Å². The van der Waals surface area contributed by atoms with Gasteiger partial charge in [0.15, 0.2) is 0 Å². The highest BCUT2D eigenvalue weighted by atomic mass is 15.3. The van der Waals surface area contributed by atoms with E-state index in [1.54, 1.807) is 0 Å². The molecule has 1 aromatic rings. The number of hydrogen-bond donors (Lipinski definition) is 1. The lowest BCUT2D eigenvalue weighted by Crippen LogP contribution is -2.46. The van der Waals surface area contributed by atoms with E-state index in [0.29, 0.717) is 0 Å². The smallest absolute Gasteiger partial charge is 0.145 e. The summed E-state index contributed by atoms with van der Waals surface area (Å²) in [5, 5.41) is 20.3. The van der Waals surface area contributed by atoms with Crippen LogP contribution in [0.5, 0.6) is 0 Å². The van der Waals surface area contributed by atoms with Crippen LogP contribution in [-0.2, 0) is 0 Å². The van der Waals surface area contributed by atoms with Crippen molar-refractivity contribution in [2.45, 2.75) is 13.3 Å². The number of nitriles is 2. The average Bonchev–Trinajstić information content (AvgIpc) is 2.57. The Kier molecular flexibility index (Phi) is 5.82. The summed E-state index contributed by atoms with van der Waals surface area (Å²) in [6, 6.07) is 11.7. The number of allylic oxidation sites excluding steroid dienone is 1. The molecule has 0 bridgehead atoms. The van der Waals surface area contributed by atoms with Crippen molar-refractivity contribution in [2.24, 2.45) is 0 Å². The molecule has 0 saturated carbocycles. The Morgan fingerprint density at radius 2 is 1.77 bits per heavy atom. The van der Waals surface area contributed by atoms with Gasteiger partial charge in [0, 0.05) is 43.8 Å². The van der Waals surface area contributed by atoms with Crippen molar-refractivity contribution in [2.75, 3.05) is 42.9 Å². The summed E-state index contributed by atoms with van der Waals surface area (Å²) in [5.74, 6) is 0. The number of piperazine rings is 1. The predicted molar refractivity (Wildman–Crippen MR) is 88.3 cm³/mol. The van der Waals surface area contributed by atoms with Crippen LogP contribution in [0.15, 0.2) is 36.0 Å². The minimum atomic E-state index is 0.0659. The highest BCUT2D eigenvalue weighted by Crippen LogP contribution is 2.19. The molecule has 0 aromatic heterocycles. The summed E-state index contributed by atoms with van der Waals surface area (Å²) in [7, 11) is 0. The van der Waals surface area contributed by atoms with E-state index in [1.807, 2.05) is 24.3 Å². The quantitative estimate of drug-likeness (QED) is 0.846. The molecule has 0 spiro atoms. The Bertz CT molecular complexity index is 567. The van der Waals surface area contributed by atoms with Crippen LogP contribution in [0.3, 0.4) is 0 Å². The molecular formula is C17H21N5. The van der Waals surface area contributed by atoms with Crippen LogP contribution >= 0.6 is 0 Å². The molecule has 0 radical (unpaired) electrons. The van der Waals surface area contributed by atoms with Gasteiger partial charge in [-0.25, -0.2) is 0 Å². The maximum absolute atomic E-state index is 8.69. The first-order valence-corrected chi connectivity index (χ1v) is 7.61. The molecule has 0 amide bonds. The van der Waals surface area contributed by atoms with Crippen LogP contribution < -0.4 is 10.2 Å². The van der Waals surface area contributed by atoms with E-state index in [4.69, 9.17) is 10.5 Å². The van der Waals surface area contributed by atoms with E-state index in [2.05, 4.69) is 34.2 Å². The molecule has 1 N–H and O–H groups in total. The maximum Gasteiger partial charge on any atom is 0.145 e. The summed E-state index contributed by atoms with van der Waals surface area (Å²) in [5.41, 5.74) is 2.15. The minimum absolute atomic E-state index is 0.0659. The Labute approximate surface area is 132 Å². The van der Waals surface area contributed by atoms with Gasteiger partial charge in [-0.1, -0.05) is 6.92 Å². The molecule has 1 saturated heterocycles. The van der Waals surface area contributed by atoms with E-state index in [0.717, 1.165) is 31.9 Å². The zero-order chi connectivity index (χ0) is 15.8. The number of benzene rings is 1. The highest BCUT2D eigenvalue weighted by molar-refractivity contribution is 5.57. The summed E-state index contributed by atoms with van der Waals surface area (Å²) in [6.07, 6.45) is 2.64. The normalized spacial score (nSPS) is 14.8. The van der Waals surface area contributed by atoms with E-state index < -0.39 is 0 Å². The van der Waals surface area contributed by atoms with Gasteiger partial charge in [0.25, 0.3) is 0 Å². The molecule has 1 fully saturated rings. The molecule has 22 heavy (non-hydrogen) atoms. The van der Waals surface area contributed by atoms with Crippen molar-refractivity contribution in [3.63, 3.8) is 0 Å². The topological polar surface area (TPSA) is 66.1 Å². The summed E-state index contributed by atoms with van der Waals surface area (Å²) >= 11 is 0. The Morgan fingerprint density at radius 1 is 1.14 bits per heavy atom. The van der Waals surface area contributed by atoms with Gasteiger partial charge in [0.05, 0.1) is 0 Å². The maximum atomic E-state index is 8.69. The first kappa shape index (κ1) is 15.9. The van der Waals surface area contributed by atoms with E-state index >= 15 is 0 Å². The van der Waals surface area contributed by atoms with Crippen LogP contribution in [-0.4, -0.2) is 37.6 Å². The Hall–Kier alpha value is -2.50. The van der Waals surface area contributed by atoms with Crippen LogP contribution in [0, 0.1) is 22.7 Å². The van der Waals surface area contributed by atoms with Crippen LogP contribution in [0.4, 0.5) is 11.4 Å². The Morgan fingerprint density at radius 3 is 2.32 bits per heavy atom. The first-order valence-electron chi connectivity index (χ1n) is 7.61. The minimum Gasteiger partial charge on any atom is -0.369 e. The molecule has 5 heteroatoms. The van der Waals surface area contributed by atoms with Gasteiger partial charge in [-0.15, -0.1) is 0 Å². The van der Waals surface area contributed by atoms with E-state index in [9.17, 15) is 0 Å². The van der Waals surface area contributed by atoms with E-state index in [1.165, 1.54) is 24.9 Å². The fourth-order valence-corrected chi connectivity index (χ4v) is 2.56. The lowest BCUT2D eigenvalue weighted by molar-refractivity contribution is 0.258. The van der Waals surface area contributed by atoms with Gasteiger partial charge < -0.3 is 10.2 Å². The van der Waals surface area contributed by atoms with Crippen molar-refractivity contribution < 1.29 is 0 Å². The van der Waals surface area contributed by atoms with Crippen molar-refractivity contribution in [3.8, 4) is 12.1 Å². The van der Waals surface area contributed by atoms with Gasteiger partial charge in [-0.2, -0.15) is 10.5 Å². The number of rotatable bonds is 5. The van der Waals surface area contributed by atoms with Crippen molar-refractivity contribution >= 4 is 11.4 Å². The third kappa shape index (κ3) is 4.25. The largest absolute Gasteiger partial charge is 0.369 e. The molecule has 0 atom stereocenters. The monoisotopic (exact) mass is 295 g/mol. The lowest BCUT2D eigenvalue weighted by atomic mass is 10.2. The molecular weight excluding hydrogens is 274 g/mol. The zero-order valence-electron chi connectivity index (χ0n) is 12.9. The number of nitrogens with one attached hydrogen (secondary N) is 1. The molecule has 0 aliphatic carbocycles. The van der Waals surface area contributed by atoms with Crippen LogP contribution in [0.25, 0.3) is 0 Å². The highest BCUT2D eigenvalue weighted by Gasteiger charge is 2.16. The SMILES string of the molecule is CCCN1CCN(c2ccc(NC=C(C#N)C#N)cc2)CC1. The molecule has 2 rings (SSSR count). The number of anilines is 2. The molecule has 114 valence electrons. The van der Waals surface area contributed by atoms with Gasteiger partial charge in [-0.05, 0) is 37.2 Å². The number of nitrogens with zero attached hydrogens (tertiary/aromatic N) is 4. The van der Waals surface area contributed by atoms with Crippen molar-refractivity contribution in [3.05, 3.63) is 36.0 Å². The second-order valence-electron chi connectivity index (χ2n) is 5.30. The van der Waals surface area contributed by atoms with E-state index in [-0.39, 0.29) is 5.57 Å². The molecule has 1 aromatic carbocycles. The molecule has 1 aliphatic rings. The summed E-state index contributed by atoms with van der Waals surface area (Å²) < 4.78 is 0. The standard InChI is InChI=1S/C17H21N5/c1-2-7-21-8-10-22(11-9-21)17-5-3-16(4-6-17)20-14-15(12-18)13-19/h3-6,14,20H,2,7-11H2,1H3. The molecule has 5 nitrogen and oxygen atoms in total. The fourth-order valence-electron chi connectivity index (χ4n) is 2.56. The summed E-state index contributed by atoms with van der Waals surface area (Å²) in [6.45, 7) is 7.74. The lowest BCUT2D eigenvalue weighted by Gasteiger charge is -2.36. The van der Waals surface area contributed by atoms with Gasteiger partial charge in [-0.3, -0.25) is 4.90 Å². The fraction of sp³-hybridized carbons (Fsp3) is 0.412. The third-order valence-corrected chi connectivity index (χ3v) is 3.77. The predicted octanol–water partition coefficient (Wildman–Crippen LogP) is 2.56. The second kappa shape index (κ2) is 8.07. The molecule has 1 heterocycles.